The highest BCUT2D eigenvalue weighted by atomic mass is 19.4. The minimum Gasteiger partial charge on any atom is -0.467 e. The van der Waals surface area contributed by atoms with Crippen molar-refractivity contribution in [2.24, 2.45) is 5.73 Å². The van der Waals surface area contributed by atoms with E-state index in [2.05, 4.69) is 14.7 Å². The van der Waals surface area contributed by atoms with Crippen molar-refractivity contribution in [3.05, 3.63) is 17.6 Å². The van der Waals surface area contributed by atoms with Gasteiger partial charge in [-0.3, -0.25) is 0 Å². The van der Waals surface area contributed by atoms with Crippen molar-refractivity contribution in [2.75, 3.05) is 6.61 Å². The Hall–Kier alpha value is -1.37. The molecule has 1 aromatic rings. The molecular weight excluding hydrogens is 211 g/mol. The second kappa shape index (κ2) is 4.43. The van der Waals surface area contributed by atoms with E-state index >= 15 is 0 Å². The first kappa shape index (κ1) is 11.7. The molecule has 1 rings (SSSR count). The number of hydrogen-bond acceptors (Lipinski definition) is 4. The number of nitrogens with two attached hydrogens (primary N) is 1. The van der Waals surface area contributed by atoms with Gasteiger partial charge >= 0.3 is 6.18 Å². The fraction of sp³-hybridized carbons (Fsp3) is 0.500. The van der Waals surface area contributed by atoms with Crippen molar-refractivity contribution >= 4 is 0 Å². The van der Waals surface area contributed by atoms with Crippen molar-refractivity contribution in [3.8, 4) is 5.88 Å². The SMILES string of the molecule is Cc1nc(CN)cnc1OCC(F)(F)F. The smallest absolute Gasteiger partial charge is 0.422 e. The van der Waals surface area contributed by atoms with Crippen molar-refractivity contribution in [1.82, 2.24) is 9.97 Å². The highest BCUT2D eigenvalue weighted by molar-refractivity contribution is 5.18. The number of aromatic nitrogens is 2. The number of ether oxygens (including phenoxy) is 1. The Morgan fingerprint density at radius 2 is 2.13 bits per heavy atom. The molecule has 0 amide bonds. The number of nitrogens with zero attached hydrogens (tertiary/aromatic N) is 2. The van der Waals surface area contributed by atoms with Gasteiger partial charge in [0.25, 0.3) is 0 Å². The zero-order valence-electron chi connectivity index (χ0n) is 8.01. The average molecular weight is 221 g/mol. The molecule has 0 aromatic carbocycles. The molecule has 0 bridgehead atoms. The van der Waals surface area contributed by atoms with Crippen LogP contribution in [0.2, 0.25) is 0 Å². The maximum atomic E-state index is 11.8. The molecule has 0 saturated carbocycles. The Kier molecular flexibility index (Phi) is 3.46. The molecule has 0 saturated heterocycles. The Balaban J connectivity index is 2.70. The number of rotatable bonds is 3. The Morgan fingerprint density at radius 3 is 2.60 bits per heavy atom. The van der Waals surface area contributed by atoms with Crippen LogP contribution in [0.3, 0.4) is 0 Å². The molecule has 0 spiro atoms. The van der Waals surface area contributed by atoms with Gasteiger partial charge < -0.3 is 10.5 Å². The highest BCUT2D eigenvalue weighted by Crippen LogP contribution is 2.18. The first-order chi connectivity index (χ1) is 6.92. The molecule has 0 aliphatic rings. The second-order valence-corrected chi connectivity index (χ2v) is 2.86. The standard InChI is InChI=1S/C8H10F3N3O/c1-5-7(15-4-8(9,10)11)13-3-6(2-12)14-5/h3H,2,4,12H2,1H3. The molecule has 4 nitrogen and oxygen atoms in total. The summed E-state index contributed by atoms with van der Waals surface area (Å²) in [7, 11) is 0. The Morgan fingerprint density at radius 1 is 1.47 bits per heavy atom. The predicted octanol–water partition coefficient (Wildman–Crippen LogP) is 1.18. The first-order valence-electron chi connectivity index (χ1n) is 4.14. The van der Waals surface area contributed by atoms with E-state index < -0.39 is 12.8 Å². The molecule has 15 heavy (non-hydrogen) atoms. The third kappa shape index (κ3) is 3.70. The summed E-state index contributed by atoms with van der Waals surface area (Å²) in [5, 5.41) is 0. The van der Waals surface area contributed by atoms with E-state index in [0.717, 1.165) is 0 Å². The molecule has 0 atom stereocenters. The summed E-state index contributed by atoms with van der Waals surface area (Å²) in [6.07, 6.45) is -3.08. The molecule has 1 aromatic heterocycles. The molecule has 2 N–H and O–H groups in total. The summed E-state index contributed by atoms with van der Waals surface area (Å²) >= 11 is 0. The Bertz CT molecular complexity index is 340. The molecule has 0 aliphatic heterocycles. The van der Waals surface area contributed by atoms with Gasteiger partial charge in [0.05, 0.1) is 17.6 Å². The lowest BCUT2D eigenvalue weighted by Crippen LogP contribution is -2.20. The van der Waals surface area contributed by atoms with E-state index in [1.807, 2.05) is 0 Å². The predicted molar refractivity (Wildman–Crippen MR) is 46.2 cm³/mol. The van der Waals surface area contributed by atoms with E-state index in [1.165, 1.54) is 13.1 Å². The van der Waals surface area contributed by atoms with Crippen molar-refractivity contribution in [3.63, 3.8) is 0 Å². The molecule has 1 heterocycles. The quantitative estimate of drug-likeness (QED) is 0.832. The lowest BCUT2D eigenvalue weighted by molar-refractivity contribution is -0.154. The van der Waals surface area contributed by atoms with Crippen LogP contribution in [0.15, 0.2) is 6.20 Å². The van der Waals surface area contributed by atoms with Crippen molar-refractivity contribution in [2.45, 2.75) is 19.6 Å². The number of halogens is 3. The lowest BCUT2D eigenvalue weighted by Gasteiger charge is -2.10. The van der Waals surface area contributed by atoms with Gasteiger partial charge in [0.2, 0.25) is 5.88 Å². The van der Waals surface area contributed by atoms with Crippen molar-refractivity contribution < 1.29 is 17.9 Å². The summed E-state index contributed by atoms with van der Waals surface area (Å²) in [5.41, 5.74) is 6.09. The monoisotopic (exact) mass is 221 g/mol. The number of hydrogen-bond donors (Lipinski definition) is 1. The minimum atomic E-state index is -4.37. The van der Waals surface area contributed by atoms with E-state index in [4.69, 9.17) is 5.73 Å². The normalized spacial score (nSPS) is 11.5. The molecule has 0 fully saturated rings. The van der Waals surface area contributed by atoms with Gasteiger partial charge in [-0.15, -0.1) is 0 Å². The maximum Gasteiger partial charge on any atom is 0.422 e. The van der Waals surface area contributed by atoms with Crippen LogP contribution >= 0.6 is 0 Å². The van der Waals surface area contributed by atoms with E-state index in [1.54, 1.807) is 0 Å². The average Bonchev–Trinajstić information content (AvgIpc) is 2.14. The summed E-state index contributed by atoms with van der Waals surface area (Å²) in [6, 6.07) is 0. The van der Waals surface area contributed by atoms with Gasteiger partial charge in [0.1, 0.15) is 0 Å². The fourth-order valence-electron chi connectivity index (χ4n) is 0.909. The molecule has 7 heteroatoms. The van der Waals surface area contributed by atoms with Gasteiger partial charge in [0.15, 0.2) is 6.61 Å². The van der Waals surface area contributed by atoms with Crippen LogP contribution in [0.5, 0.6) is 5.88 Å². The Labute approximate surface area is 84.3 Å². The van der Waals surface area contributed by atoms with Gasteiger partial charge in [-0.05, 0) is 6.92 Å². The molecule has 0 unspecified atom stereocenters. The van der Waals surface area contributed by atoms with E-state index in [9.17, 15) is 13.2 Å². The second-order valence-electron chi connectivity index (χ2n) is 2.86. The zero-order valence-corrected chi connectivity index (χ0v) is 8.01. The summed E-state index contributed by atoms with van der Waals surface area (Å²) in [4.78, 5) is 7.60. The van der Waals surface area contributed by atoms with Crippen LogP contribution in [0.1, 0.15) is 11.4 Å². The molecule has 84 valence electrons. The molecule has 0 radical (unpaired) electrons. The van der Waals surface area contributed by atoms with Gasteiger partial charge in [-0.1, -0.05) is 0 Å². The summed E-state index contributed by atoms with van der Waals surface area (Å²) in [5.74, 6) is -0.121. The highest BCUT2D eigenvalue weighted by Gasteiger charge is 2.29. The van der Waals surface area contributed by atoms with Crippen molar-refractivity contribution in [1.29, 1.82) is 0 Å². The first-order valence-corrected chi connectivity index (χ1v) is 4.14. The molecule has 0 aliphatic carbocycles. The van der Waals surface area contributed by atoms with Crippen LogP contribution < -0.4 is 10.5 Å². The minimum absolute atomic E-state index is 0.121. The van der Waals surface area contributed by atoms with E-state index in [-0.39, 0.29) is 12.4 Å². The fourth-order valence-corrected chi connectivity index (χ4v) is 0.909. The van der Waals surface area contributed by atoms with E-state index in [0.29, 0.717) is 11.4 Å². The maximum absolute atomic E-state index is 11.8. The topological polar surface area (TPSA) is 61.0 Å². The zero-order chi connectivity index (χ0) is 11.5. The van der Waals surface area contributed by atoms with Gasteiger partial charge in [-0.2, -0.15) is 13.2 Å². The van der Waals surface area contributed by atoms with Crippen LogP contribution in [-0.2, 0) is 6.54 Å². The lowest BCUT2D eigenvalue weighted by atomic mass is 10.4. The number of alkyl halides is 3. The van der Waals surface area contributed by atoms with Crippen LogP contribution in [0.4, 0.5) is 13.2 Å². The third-order valence-electron chi connectivity index (χ3n) is 1.53. The van der Waals surface area contributed by atoms with Crippen LogP contribution in [-0.4, -0.2) is 22.8 Å². The molecular formula is C8H10F3N3O. The van der Waals surface area contributed by atoms with Crippen LogP contribution in [0, 0.1) is 6.92 Å². The largest absolute Gasteiger partial charge is 0.467 e. The third-order valence-corrected chi connectivity index (χ3v) is 1.53. The summed E-state index contributed by atoms with van der Waals surface area (Å²) in [6.45, 7) is 0.329. The summed E-state index contributed by atoms with van der Waals surface area (Å²) < 4.78 is 39.9. The van der Waals surface area contributed by atoms with Gasteiger partial charge in [-0.25, -0.2) is 9.97 Å². The number of aryl methyl sites for hydroxylation is 1. The van der Waals surface area contributed by atoms with Gasteiger partial charge in [0, 0.05) is 6.54 Å². The van der Waals surface area contributed by atoms with Crippen LogP contribution in [0.25, 0.3) is 0 Å².